The highest BCUT2D eigenvalue weighted by Crippen LogP contribution is 2.38. The first-order valence-corrected chi connectivity index (χ1v) is 7.20. The van der Waals surface area contributed by atoms with Crippen molar-refractivity contribution >= 4 is 11.6 Å². The molecule has 0 amide bonds. The predicted molar refractivity (Wildman–Crippen MR) is 81.6 cm³/mol. The number of hydrogen-bond donors (Lipinski definition) is 2. The van der Waals surface area contributed by atoms with E-state index in [1.54, 1.807) is 6.07 Å². The Labute approximate surface area is 119 Å². The average Bonchev–Trinajstić information content (AvgIpc) is 3.30. The lowest BCUT2D eigenvalue weighted by molar-refractivity contribution is 0.926. The first-order valence-electron chi connectivity index (χ1n) is 7.20. The summed E-state index contributed by atoms with van der Waals surface area (Å²) in [6, 6.07) is 10.4. The summed E-state index contributed by atoms with van der Waals surface area (Å²) in [6.07, 6.45) is 3.43. The van der Waals surface area contributed by atoms with Gasteiger partial charge in [-0.15, -0.1) is 0 Å². The Kier molecular flexibility index (Phi) is 3.54. The van der Waals surface area contributed by atoms with Gasteiger partial charge in [-0.3, -0.25) is 0 Å². The number of rotatable bonds is 5. The molecule has 1 fully saturated rings. The smallest absolute Gasteiger partial charge is 0.136 e. The molecule has 1 aromatic carbocycles. The van der Waals surface area contributed by atoms with E-state index in [1.165, 1.54) is 24.0 Å². The first kappa shape index (κ1) is 12.9. The third-order valence-corrected chi connectivity index (χ3v) is 3.61. The van der Waals surface area contributed by atoms with E-state index in [0.717, 1.165) is 24.6 Å². The number of nitrogen functional groups attached to an aromatic ring is 1. The molecule has 2 aromatic rings. The summed E-state index contributed by atoms with van der Waals surface area (Å²) in [4.78, 5) is 8.84. The van der Waals surface area contributed by atoms with Crippen LogP contribution in [0.3, 0.4) is 0 Å². The number of nitrogens with one attached hydrogen (secondary N) is 1. The molecule has 0 bridgehead atoms. The number of aryl methyl sites for hydroxylation is 1. The Morgan fingerprint density at radius 3 is 2.50 bits per heavy atom. The average molecular weight is 268 g/mol. The lowest BCUT2D eigenvalue weighted by Gasteiger charge is -2.08. The van der Waals surface area contributed by atoms with Crippen molar-refractivity contribution < 1.29 is 0 Å². The highest BCUT2D eigenvalue weighted by Gasteiger charge is 2.27. The van der Waals surface area contributed by atoms with Crippen LogP contribution in [0.4, 0.5) is 11.6 Å². The standard InChI is InChI=1S/C16H20N4/c1-2-11-3-5-12(6-4-11)10-18-15-9-14(17)19-16(20-15)13-7-8-13/h3-6,9,13H,2,7-8,10H2,1H3,(H3,17,18,19,20). The van der Waals surface area contributed by atoms with Crippen LogP contribution in [-0.4, -0.2) is 9.97 Å². The van der Waals surface area contributed by atoms with Gasteiger partial charge < -0.3 is 11.1 Å². The lowest BCUT2D eigenvalue weighted by Crippen LogP contribution is -2.06. The highest BCUT2D eigenvalue weighted by atomic mass is 15.1. The number of benzene rings is 1. The Balaban J connectivity index is 1.67. The van der Waals surface area contributed by atoms with E-state index in [-0.39, 0.29) is 0 Å². The van der Waals surface area contributed by atoms with Gasteiger partial charge in [-0.1, -0.05) is 31.2 Å². The van der Waals surface area contributed by atoms with Crippen LogP contribution in [-0.2, 0) is 13.0 Å². The first-order chi connectivity index (χ1) is 9.74. The molecule has 1 aromatic heterocycles. The van der Waals surface area contributed by atoms with Crippen LogP contribution in [0.25, 0.3) is 0 Å². The molecule has 0 radical (unpaired) electrons. The fourth-order valence-electron chi connectivity index (χ4n) is 2.19. The van der Waals surface area contributed by atoms with E-state index in [2.05, 4.69) is 46.5 Å². The van der Waals surface area contributed by atoms with Gasteiger partial charge in [-0.2, -0.15) is 0 Å². The van der Waals surface area contributed by atoms with Crippen LogP contribution in [0.15, 0.2) is 30.3 Å². The summed E-state index contributed by atoms with van der Waals surface area (Å²) in [5, 5.41) is 3.33. The number of anilines is 2. The van der Waals surface area contributed by atoms with E-state index < -0.39 is 0 Å². The maximum Gasteiger partial charge on any atom is 0.136 e. The largest absolute Gasteiger partial charge is 0.384 e. The molecule has 1 aliphatic rings. The van der Waals surface area contributed by atoms with Crippen LogP contribution in [0.1, 0.15) is 42.6 Å². The second kappa shape index (κ2) is 5.49. The van der Waals surface area contributed by atoms with Crippen LogP contribution in [0, 0.1) is 0 Å². The van der Waals surface area contributed by atoms with Gasteiger partial charge in [-0.05, 0) is 30.4 Å². The third kappa shape index (κ3) is 3.07. The predicted octanol–water partition coefficient (Wildman–Crippen LogP) is 3.11. The van der Waals surface area contributed by atoms with Crippen molar-refractivity contribution in [3.63, 3.8) is 0 Å². The van der Waals surface area contributed by atoms with E-state index in [9.17, 15) is 0 Å². The number of aromatic nitrogens is 2. The Hall–Kier alpha value is -2.10. The zero-order chi connectivity index (χ0) is 13.9. The molecule has 1 heterocycles. The van der Waals surface area contributed by atoms with Gasteiger partial charge >= 0.3 is 0 Å². The molecule has 0 saturated heterocycles. The van der Waals surface area contributed by atoms with E-state index in [1.807, 2.05) is 0 Å². The maximum absolute atomic E-state index is 5.84. The van der Waals surface area contributed by atoms with E-state index in [0.29, 0.717) is 11.7 Å². The van der Waals surface area contributed by atoms with Gasteiger partial charge in [0.15, 0.2) is 0 Å². The number of hydrogen-bond acceptors (Lipinski definition) is 4. The molecule has 4 nitrogen and oxygen atoms in total. The molecule has 4 heteroatoms. The minimum atomic E-state index is 0.517. The molecular weight excluding hydrogens is 248 g/mol. The van der Waals surface area contributed by atoms with E-state index >= 15 is 0 Å². The SMILES string of the molecule is CCc1ccc(CNc2cc(N)nc(C3CC3)n2)cc1. The van der Waals surface area contributed by atoms with Crippen LogP contribution in [0.2, 0.25) is 0 Å². The quantitative estimate of drug-likeness (QED) is 0.874. The second-order valence-electron chi connectivity index (χ2n) is 5.33. The van der Waals surface area contributed by atoms with Crippen molar-refractivity contribution in [1.29, 1.82) is 0 Å². The molecule has 0 spiro atoms. The Morgan fingerprint density at radius 2 is 1.85 bits per heavy atom. The molecule has 3 N–H and O–H groups in total. The topological polar surface area (TPSA) is 63.8 Å². The summed E-state index contributed by atoms with van der Waals surface area (Å²) in [5.74, 6) is 2.77. The summed E-state index contributed by atoms with van der Waals surface area (Å²) < 4.78 is 0. The molecule has 3 rings (SSSR count). The number of nitrogens with zero attached hydrogens (tertiary/aromatic N) is 2. The zero-order valence-electron chi connectivity index (χ0n) is 11.8. The number of nitrogens with two attached hydrogens (primary N) is 1. The summed E-state index contributed by atoms with van der Waals surface area (Å²) in [5.41, 5.74) is 8.44. The second-order valence-corrected chi connectivity index (χ2v) is 5.33. The van der Waals surface area contributed by atoms with Crippen LogP contribution >= 0.6 is 0 Å². The van der Waals surface area contributed by atoms with Gasteiger partial charge in [0.2, 0.25) is 0 Å². The molecule has 1 saturated carbocycles. The fourth-order valence-corrected chi connectivity index (χ4v) is 2.19. The van der Waals surface area contributed by atoms with Crippen molar-refractivity contribution in [2.45, 2.75) is 38.6 Å². The molecule has 1 aliphatic carbocycles. The third-order valence-electron chi connectivity index (χ3n) is 3.61. The highest BCUT2D eigenvalue weighted by molar-refractivity contribution is 5.45. The van der Waals surface area contributed by atoms with E-state index in [4.69, 9.17) is 5.73 Å². The van der Waals surface area contributed by atoms with Crippen molar-refractivity contribution in [3.8, 4) is 0 Å². The summed E-state index contributed by atoms with van der Waals surface area (Å²) >= 11 is 0. The van der Waals surface area contributed by atoms with Gasteiger partial charge in [0.25, 0.3) is 0 Å². The van der Waals surface area contributed by atoms with Gasteiger partial charge in [0.05, 0.1) is 0 Å². The Morgan fingerprint density at radius 1 is 1.15 bits per heavy atom. The molecule has 0 unspecified atom stereocenters. The summed E-state index contributed by atoms with van der Waals surface area (Å²) in [6.45, 7) is 2.92. The fraction of sp³-hybridized carbons (Fsp3) is 0.375. The molecular formula is C16H20N4. The van der Waals surface area contributed by atoms with Crippen LogP contribution in [0.5, 0.6) is 0 Å². The Bertz CT molecular complexity index is 588. The molecule has 0 atom stereocenters. The maximum atomic E-state index is 5.84. The molecule has 0 aliphatic heterocycles. The van der Waals surface area contributed by atoms with Gasteiger partial charge in [-0.25, -0.2) is 9.97 Å². The molecule has 20 heavy (non-hydrogen) atoms. The van der Waals surface area contributed by atoms with Crippen molar-refractivity contribution in [2.24, 2.45) is 0 Å². The molecule has 104 valence electrons. The minimum Gasteiger partial charge on any atom is -0.384 e. The normalized spacial score (nSPS) is 14.2. The van der Waals surface area contributed by atoms with Gasteiger partial charge in [0.1, 0.15) is 17.5 Å². The minimum absolute atomic E-state index is 0.517. The summed E-state index contributed by atoms with van der Waals surface area (Å²) in [7, 11) is 0. The van der Waals surface area contributed by atoms with Crippen LogP contribution < -0.4 is 11.1 Å². The van der Waals surface area contributed by atoms with Crippen molar-refractivity contribution in [2.75, 3.05) is 11.1 Å². The van der Waals surface area contributed by atoms with Gasteiger partial charge in [0, 0.05) is 18.5 Å². The van der Waals surface area contributed by atoms with Crippen molar-refractivity contribution in [3.05, 3.63) is 47.3 Å². The lowest BCUT2D eigenvalue weighted by atomic mass is 10.1. The van der Waals surface area contributed by atoms with Crippen molar-refractivity contribution in [1.82, 2.24) is 9.97 Å². The monoisotopic (exact) mass is 268 g/mol. The zero-order valence-corrected chi connectivity index (χ0v) is 11.8.